The zero-order valence-corrected chi connectivity index (χ0v) is 64.7. The predicted molar refractivity (Wildman–Crippen MR) is 407 cm³/mol. The Bertz CT molecular complexity index is 3590. The minimum absolute atomic E-state index is 0.0474. The third-order valence-corrected chi connectivity index (χ3v) is 21.6. The van der Waals surface area contributed by atoms with Gasteiger partial charge in [0.1, 0.15) is 5.75 Å². The highest BCUT2D eigenvalue weighted by molar-refractivity contribution is 6.33. The van der Waals surface area contributed by atoms with Gasteiger partial charge in [0.2, 0.25) is 0 Å². The number of amides is 2. The van der Waals surface area contributed by atoms with Gasteiger partial charge in [0.15, 0.2) is 11.6 Å². The molecule has 6 fully saturated rings. The molecule has 12 heteroatoms. The zero-order valence-electron chi connectivity index (χ0n) is 62.5. The van der Waals surface area contributed by atoms with Gasteiger partial charge in [-0.15, -0.1) is 0 Å². The van der Waals surface area contributed by atoms with Gasteiger partial charge in [0.05, 0.1) is 36.3 Å². The van der Waals surface area contributed by atoms with Crippen molar-refractivity contribution in [1.82, 2.24) is 0 Å². The first-order valence-electron chi connectivity index (χ1n) is 35.7. The first-order chi connectivity index (χ1) is 45.4. The van der Waals surface area contributed by atoms with Crippen LogP contribution < -0.4 is 20.1 Å². The number of methoxy groups -OCH3 is 2. The van der Waals surface area contributed by atoms with Gasteiger partial charge >= 0.3 is 0 Å². The number of benzene rings is 6. The molecule has 0 heterocycles. The van der Waals surface area contributed by atoms with E-state index in [1.54, 1.807) is 31.4 Å². The number of fused-ring (bicyclic) bond motifs is 3. The largest absolute Gasteiger partial charge is 0.495 e. The molecule has 0 aliphatic heterocycles. The van der Waals surface area contributed by atoms with Crippen molar-refractivity contribution in [2.75, 3.05) is 24.9 Å². The minimum Gasteiger partial charge on any atom is -0.495 e. The summed E-state index contributed by atoms with van der Waals surface area (Å²) >= 11 is 18.8. The number of nitrogens with one attached hydrogen (secondary N) is 2. The second-order valence-electron chi connectivity index (χ2n) is 31.6. The summed E-state index contributed by atoms with van der Waals surface area (Å²) in [7, 11) is 3.21. The molecule has 2 amide bonds. The Hall–Kier alpha value is -5.89. The number of halogens is 4. The molecule has 6 saturated carbocycles. The Labute approximate surface area is 599 Å². The van der Waals surface area contributed by atoms with E-state index in [0.29, 0.717) is 49.9 Å². The fourth-order valence-electron chi connectivity index (χ4n) is 13.5. The molecular formula is C85H115Cl3FN3O5. The molecule has 6 aromatic carbocycles. The number of anilines is 2. The summed E-state index contributed by atoms with van der Waals surface area (Å²) in [5.74, 6) is 6.10. The molecule has 8 nitrogen and oxygen atoms in total. The maximum absolute atomic E-state index is 14.2. The van der Waals surface area contributed by atoms with Gasteiger partial charge in [-0.2, -0.15) is 5.26 Å². The first-order valence-corrected chi connectivity index (χ1v) is 36.8. The molecule has 6 aromatic rings. The van der Waals surface area contributed by atoms with E-state index >= 15 is 0 Å². The molecule has 12 rings (SSSR count). The quantitative estimate of drug-likeness (QED) is 0.0942. The average molecular weight is 1380 g/mol. The number of rotatable bonds is 15. The molecular weight excluding hydrogens is 1270 g/mol. The Kier molecular flexibility index (Phi) is 28.4. The Morgan fingerprint density at radius 2 is 0.979 bits per heavy atom. The predicted octanol–water partition coefficient (Wildman–Crippen LogP) is 25.1. The van der Waals surface area contributed by atoms with Gasteiger partial charge < -0.3 is 25.2 Å². The lowest BCUT2D eigenvalue weighted by atomic mass is 9.55. The van der Waals surface area contributed by atoms with Gasteiger partial charge in [0, 0.05) is 32.5 Å². The fourth-order valence-corrected chi connectivity index (χ4v) is 14.6. The highest BCUT2D eigenvalue weighted by Gasteiger charge is 2.49. The summed E-state index contributed by atoms with van der Waals surface area (Å²) in [4.78, 5) is 25.0. The monoisotopic (exact) mass is 1380 g/mol. The number of ether oxygens (including phenoxy) is 2. The van der Waals surface area contributed by atoms with E-state index in [4.69, 9.17) is 44.3 Å². The molecule has 0 spiro atoms. The van der Waals surface area contributed by atoms with E-state index in [-0.39, 0.29) is 46.4 Å². The third kappa shape index (κ3) is 21.8. The smallest absolute Gasteiger partial charge is 0.255 e. The molecule has 6 aliphatic rings. The normalized spacial score (nSPS) is 17.9. The molecule has 97 heavy (non-hydrogen) atoms. The lowest BCUT2D eigenvalue weighted by Crippen LogP contribution is -2.47. The van der Waals surface area contributed by atoms with E-state index in [0.717, 1.165) is 81.6 Å². The fraction of sp³-hybridized carbons (Fsp3) is 0.541. The van der Waals surface area contributed by atoms with Gasteiger partial charge in [-0.25, -0.2) is 4.39 Å². The lowest BCUT2D eigenvalue weighted by Gasteiger charge is -2.53. The van der Waals surface area contributed by atoms with Crippen LogP contribution in [0, 0.1) is 54.2 Å². The molecule has 528 valence electrons. The molecule has 6 aliphatic carbocycles. The van der Waals surface area contributed by atoms with Crippen molar-refractivity contribution in [1.29, 1.82) is 5.26 Å². The number of aryl methyl sites for hydroxylation is 2. The molecule has 2 bridgehead atoms. The molecule has 0 unspecified atom stereocenters. The summed E-state index contributed by atoms with van der Waals surface area (Å²) in [6.45, 7) is 40.4. The van der Waals surface area contributed by atoms with Crippen LogP contribution in [0.15, 0.2) is 97.1 Å². The maximum atomic E-state index is 14.2. The maximum Gasteiger partial charge on any atom is 0.255 e. The molecule has 0 radical (unpaired) electrons. The van der Waals surface area contributed by atoms with Crippen molar-refractivity contribution in [3.8, 4) is 17.6 Å². The molecule has 0 saturated heterocycles. The average Bonchev–Trinajstić information content (AvgIpc) is 1.76. The Balaban J connectivity index is 0.000000190. The standard InChI is InChI=1S/C20H21ClN2O.C20H24ClNO.C14H19ClO.C14H19FO.C11H20O.C6H12/c1-13(2)17-10-14(8-9-18(17)21)19(24)23-16-7-5-6-15(11-16)20(3,4)12-22;1-13(2)17-11-14(9-10-18(17)21)19(23)22-16-8-6-7-15(12-16)20(3,4)5;2*1-8(2)12-13(10-5-6-10)9(3)7-11(16-4)14(12)15;1-9(2)10-3-6-11(12,7-4-10)8-5-10;1-5(2)6-3-4-6/h5-11,13H,1-4H3,(H,23,24);6-13H,1-5H3,(H,22,23);2*7-8,10H,5-6H2,1-4H3;9,12H,3-8H2,1-2H3;5-6H,3-4H2,1-2H3. The van der Waals surface area contributed by atoms with Crippen molar-refractivity contribution < 1.29 is 28.6 Å². The van der Waals surface area contributed by atoms with Crippen molar-refractivity contribution in [2.45, 2.75) is 261 Å². The Morgan fingerprint density at radius 1 is 0.567 bits per heavy atom. The van der Waals surface area contributed by atoms with E-state index in [1.165, 1.54) is 98.3 Å². The minimum atomic E-state index is -0.605. The molecule has 0 atom stereocenters. The SMILES string of the molecule is CC(C)C12CCC(O)(CC1)CC2.CC(C)C1CC1.CC(C)c1cc(C(=O)Nc2cccc(C(C)(C)C#N)c2)ccc1Cl.CC(C)c1cc(C(=O)Nc2cccc(C(C)(C)C)c2)ccc1Cl.COc1cc(C)c(C2CC2)c(C(C)C)c1Cl.COc1cc(C)c(C2CC2)c(C(C)C)c1F. The summed E-state index contributed by atoms with van der Waals surface area (Å²) in [5, 5.41) is 27.3. The highest BCUT2D eigenvalue weighted by atomic mass is 35.5. The molecule has 0 aromatic heterocycles. The number of carbonyl (C=O) groups is 2. The number of hydrogen-bond acceptors (Lipinski definition) is 6. The second-order valence-corrected chi connectivity index (χ2v) is 32.8. The zero-order chi connectivity index (χ0) is 72.2. The summed E-state index contributed by atoms with van der Waals surface area (Å²) < 4.78 is 24.7. The van der Waals surface area contributed by atoms with E-state index < -0.39 is 5.41 Å². The number of aliphatic hydroxyl groups is 1. The third-order valence-electron chi connectivity index (χ3n) is 20.5. The van der Waals surface area contributed by atoms with Crippen LogP contribution in [0.25, 0.3) is 0 Å². The van der Waals surface area contributed by atoms with Crippen LogP contribution >= 0.6 is 34.8 Å². The second kappa shape index (κ2) is 34.5. The van der Waals surface area contributed by atoms with E-state index in [2.05, 4.69) is 119 Å². The number of hydrogen-bond donors (Lipinski definition) is 3. The van der Waals surface area contributed by atoms with Crippen LogP contribution in [0.5, 0.6) is 11.5 Å². The lowest BCUT2D eigenvalue weighted by molar-refractivity contribution is -0.107. The van der Waals surface area contributed by atoms with Crippen molar-refractivity contribution in [3.63, 3.8) is 0 Å². The first kappa shape index (κ1) is 80.1. The van der Waals surface area contributed by atoms with E-state index in [9.17, 15) is 24.3 Å². The van der Waals surface area contributed by atoms with Crippen molar-refractivity contribution in [3.05, 3.63) is 185 Å². The number of nitriles is 1. The van der Waals surface area contributed by atoms with Crippen LogP contribution in [0.2, 0.25) is 15.1 Å². The summed E-state index contributed by atoms with van der Waals surface area (Å²) in [6, 6.07) is 32.2. The van der Waals surface area contributed by atoms with Gasteiger partial charge in [-0.05, 0) is 297 Å². The van der Waals surface area contributed by atoms with Crippen LogP contribution in [0.3, 0.4) is 0 Å². The summed E-state index contributed by atoms with van der Waals surface area (Å²) in [6.07, 6.45) is 15.0. The number of carbonyl (C=O) groups excluding carboxylic acids is 2. The van der Waals surface area contributed by atoms with Gasteiger partial charge in [-0.1, -0.05) is 163 Å². The van der Waals surface area contributed by atoms with Crippen LogP contribution in [-0.2, 0) is 10.8 Å². The van der Waals surface area contributed by atoms with E-state index in [1.807, 2.05) is 102 Å². The van der Waals surface area contributed by atoms with Gasteiger partial charge in [-0.3, -0.25) is 9.59 Å². The summed E-state index contributed by atoms with van der Waals surface area (Å²) in [5.41, 5.74) is 13.8. The van der Waals surface area contributed by atoms with Crippen molar-refractivity contribution >= 4 is 58.0 Å². The Morgan fingerprint density at radius 3 is 1.33 bits per heavy atom. The van der Waals surface area contributed by atoms with Crippen LogP contribution in [0.4, 0.5) is 15.8 Å². The van der Waals surface area contributed by atoms with Crippen LogP contribution in [-0.4, -0.2) is 36.7 Å². The topological polar surface area (TPSA) is 121 Å². The van der Waals surface area contributed by atoms with Crippen LogP contribution in [0.1, 0.15) is 307 Å². The van der Waals surface area contributed by atoms with Gasteiger partial charge in [0.25, 0.3) is 11.8 Å². The van der Waals surface area contributed by atoms with Crippen molar-refractivity contribution in [2.24, 2.45) is 23.2 Å². The number of nitrogens with zero attached hydrogens (tertiary/aromatic N) is 1. The molecule has 3 N–H and O–H groups in total. The highest BCUT2D eigenvalue weighted by Crippen LogP contribution is 2.56.